The summed E-state index contributed by atoms with van der Waals surface area (Å²) in [4.78, 5) is 25.9. The molecule has 7 nitrogen and oxygen atoms in total. The topological polar surface area (TPSA) is 88.1 Å². The first-order valence-corrected chi connectivity index (χ1v) is 14.6. The maximum Gasteiger partial charge on any atom is 0.407 e. The number of unbranched alkanes of at least 4 members (excludes halogenated alkanes) is 1. The molecular weight excluding hydrogens is 528 g/mol. The lowest BCUT2D eigenvalue weighted by Gasteiger charge is -2.20. The second-order valence-corrected chi connectivity index (χ2v) is 11.2. The predicted octanol–water partition coefficient (Wildman–Crippen LogP) is 7.29. The van der Waals surface area contributed by atoms with Crippen LogP contribution < -0.4 is 10.1 Å². The van der Waals surface area contributed by atoms with Crippen LogP contribution in [-0.2, 0) is 9.53 Å². The molecule has 0 unspecified atom stereocenters. The maximum absolute atomic E-state index is 12.5. The molecule has 0 aliphatic rings. The van der Waals surface area contributed by atoms with Crippen LogP contribution >= 0.6 is 0 Å². The molecule has 0 spiro atoms. The van der Waals surface area contributed by atoms with Gasteiger partial charge in [-0.2, -0.15) is 0 Å². The highest BCUT2D eigenvalue weighted by Gasteiger charge is 2.16. The van der Waals surface area contributed by atoms with Gasteiger partial charge in [0.25, 0.3) is 0 Å². The quantitative estimate of drug-likeness (QED) is 0.166. The molecule has 0 fully saturated rings. The molecule has 0 aliphatic heterocycles. The van der Waals surface area contributed by atoms with Crippen molar-refractivity contribution in [2.24, 2.45) is 0 Å². The van der Waals surface area contributed by atoms with Gasteiger partial charge in [0.1, 0.15) is 23.7 Å². The van der Waals surface area contributed by atoms with E-state index < -0.39 is 11.7 Å². The standard InChI is InChI=1S/C35H44N2O5/c1-6-31(26-12-8-7-9-13-26)33(27-15-19-29(38)20-16-27)28-17-21-30(22-18-28)41-25-24-37(5)32(39)14-10-11-23-36-34(40)42-35(2,3)4/h7-9,12-13,15-22,38H,6,10-11,14,23-25H2,1-5H3,(H,36,40). The highest BCUT2D eigenvalue weighted by atomic mass is 16.6. The normalized spacial score (nSPS) is 11.8. The van der Waals surface area contributed by atoms with Crippen molar-refractivity contribution < 1.29 is 24.2 Å². The van der Waals surface area contributed by atoms with Crippen LogP contribution in [0.1, 0.15) is 70.1 Å². The SMILES string of the molecule is CCC(=C(c1ccc(O)cc1)c1ccc(OCCN(C)C(=O)CCCCNC(=O)OC(C)(C)C)cc1)c1ccccc1. The second kappa shape index (κ2) is 15.7. The third-order valence-electron chi connectivity index (χ3n) is 6.68. The first-order chi connectivity index (χ1) is 20.1. The minimum atomic E-state index is -0.526. The van der Waals surface area contributed by atoms with Gasteiger partial charge in [-0.15, -0.1) is 0 Å². The Labute approximate surface area is 250 Å². The molecular formula is C35H44N2O5. The zero-order chi connectivity index (χ0) is 30.5. The van der Waals surface area contributed by atoms with Crippen LogP contribution in [0.5, 0.6) is 11.5 Å². The Hall–Kier alpha value is -4.26. The lowest BCUT2D eigenvalue weighted by atomic mass is 9.88. The van der Waals surface area contributed by atoms with Crippen molar-refractivity contribution in [2.45, 2.75) is 59.0 Å². The van der Waals surface area contributed by atoms with E-state index in [2.05, 4.69) is 36.5 Å². The number of aromatic hydroxyl groups is 1. The zero-order valence-corrected chi connectivity index (χ0v) is 25.5. The number of carbonyl (C=O) groups is 2. The average Bonchev–Trinajstić information content (AvgIpc) is 2.96. The summed E-state index contributed by atoms with van der Waals surface area (Å²) in [5, 5.41) is 12.6. The van der Waals surface area contributed by atoms with E-state index in [1.807, 2.05) is 63.2 Å². The Morgan fingerprint density at radius 2 is 1.48 bits per heavy atom. The summed E-state index contributed by atoms with van der Waals surface area (Å²) in [7, 11) is 1.78. The highest BCUT2D eigenvalue weighted by molar-refractivity contribution is 5.98. The summed E-state index contributed by atoms with van der Waals surface area (Å²) in [6.07, 6.45) is 2.20. The number of hydrogen-bond acceptors (Lipinski definition) is 5. The Kier molecular flexibility index (Phi) is 12.0. The fourth-order valence-electron chi connectivity index (χ4n) is 4.55. The van der Waals surface area contributed by atoms with Crippen LogP contribution in [0.4, 0.5) is 4.79 Å². The number of amides is 2. The van der Waals surface area contributed by atoms with Crippen molar-refractivity contribution in [1.82, 2.24) is 10.2 Å². The molecule has 0 aromatic heterocycles. The Bertz CT molecular complexity index is 1310. The van der Waals surface area contributed by atoms with Crippen LogP contribution in [0.2, 0.25) is 0 Å². The molecule has 0 saturated carbocycles. The van der Waals surface area contributed by atoms with E-state index in [4.69, 9.17) is 9.47 Å². The minimum absolute atomic E-state index is 0.0444. The molecule has 3 rings (SSSR count). The van der Waals surface area contributed by atoms with Gasteiger partial charge in [-0.1, -0.05) is 61.5 Å². The molecule has 7 heteroatoms. The number of nitrogens with one attached hydrogen (secondary N) is 1. The van der Waals surface area contributed by atoms with E-state index in [9.17, 15) is 14.7 Å². The molecule has 0 bridgehead atoms. The highest BCUT2D eigenvalue weighted by Crippen LogP contribution is 2.35. The van der Waals surface area contributed by atoms with Crippen LogP contribution in [0.25, 0.3) is 11.1 Å². The van der Waals surface area contributed by atoms with Crippen LogP contribution in [-0.4, -0.2) is 54.4 Å². The van der Waals surface area contributed by atoms with Gasteiger partial charge in [0.2, 0.25) is 5.91 Å². The van der Waals surface area contributed by atoms with Crippen molar-refractivity contribution in [3.05, 3.63) is 95.6 Å². The van der Waals surface area contributed by atoms with Gasteiger partial charge in [-0.25, -0.2) is 4.79 Å². The van der Waals surface area contributed by atoms with E-state index in [1.165, 1.54) is 5.57 Å². The van der Waals surface area contributed by atoms with Crippen molar-refractivity contribution in [1.29, 1.82) is 0 Å². The number of phenols is 1. The van der Waals surface area contributed by atoms with Crippen LogP contribution in [0, 0.1) is 0 Å². The van der Waals surface area contributed by atoms with E-state index in [1.54, 1.807) is 24.1 Å². The summed E-state index contributed by atoms with van der Waals surface area (Å²) in [5.41, 5.74) is 5.06. The molecule has 0 saturated heterocycles. The number of hydrogen-bond donors (Lipinski definition) is 2. The number of nitrogens with zero attached hydrogens (tertiary/aromatic N) is 1. The third kappa shape index (κ3) is 10.3. The second-order valence-electron chi connectivity index (χ2n) is 11.2. The summed E-state index contributed by atoms with van der Waals surface area (Å²) in [6, 6.07) is 25.7. The van der Waals surface area contributed by atoms with Crippen molar-refractivity contribution >= 4 is 23.1 Å². The fourth-order valence-corrected chi connectivity index (χ4v) is 4.55. The summed E-state index contributed by atoms with van der Waals surface area (Å²) in [5.74, 6) is 1.01. The Morgan fingerprint density at radius 3 is 2.07 bits per heavy atom. The fraction of sp³-hybridized carbons (Fsp3) is 0.371. The van der Waals surface area contributed by atoms with E-state index in [0.717, 1.165) is 34.4 Å². The number of benzene rings is 3. The van der Waals surface area contributed by atoms with Crippen LogP contribution in [0.15, 0.2) is 78.9 Å². The molecule has 42 heavy (non-hydrogen) atoms. The Balaban J connectivity index is 1.54. The first-order valence-electron chi connectivity index (χ1n) is 14.6. The zero-order valence-electron chi connectivity index (χ0n) is 25.5. The average molecular weight is 573 g/mol. The summed E-state index contributed by atoms with van der Waals surface area (Å²) < 4.78 is 11.2. The van der Waals surface area contributed by atoms with Gasteiger partial charge >= 0.3 is 6.09 Å². The molecule has 0 aliphatic carbocycles. The maximum atomic E-state index is 12.5. The first kappa shape index (κ1) is 32.3. The van der Waals surface area contributed by atoms with Crippen molar-refractivity contribution in [3.63, 3.8) is 0 Å². The third-order valence-corrected chi connectivity index (χ3v) is 6.68. The molecule has 3 aromatic carbocycles. The van der Waals surface area contributed by atoms with Gasteiger partial charge in [-0.3, -0.25) is 4.79 Å². The number of alkyl carbamates (subject to hydrolysis) is 1. The minimum Gasteiger partial charge on any atom is -0.508 e. The van der Waals surface area contributed by atoms with Gasteiger partial charge in [0.05, 0.1) is 6.54 Å². The number of allylic oxidation sites excluding steroid dienone is 1. The van der Waals surface area contributed by atoms with Crippen molar-refractivity contribution in [3.8, 4) is 11.5 Å². The molecule has 224 valence electrons. The molecule has 3 aromatic rings. The van der Waals surface area contributed by atoms with E-state index in [-0.39, 0.29) is 11.7 Å². The predicted molar refractivity (Wildman–Crippen MR) is 168 cm³/mol. The van der Waals surface area contributed by atoms with Crippen LogP contribution in [0.3, 0.4) is 0 Å². The van der Waals surface area contributed by atoms with Gasteiger partial charge in [-0.05, 0) is 92.1 Å². The van der Waals surface area contributed by atoms with E-state index >= 15 is 0 Å². The number of carbonyl (C=O) groups excluding carboxylic acids is 2. The molecule has 0 radical (unpaired) electrons. The monoisotopic (exact) mass is 572 g/mol. The number of likely N-dealkylation sites (N-methyl/N-ethyl adjacent to an activating group) is 1. The van der Waals surface area contributed by atoms with Crippen molar-refractivity contribution in [2.75, 3.05) is 26.7 Å². The van der Waals surface area contributed by atoms with Gasteiger partial charge in [0, 0.05) is 20.0 Å². The molecule has 2 N–H and O–H groups in total. The number of ether oxygens (including phenoxy) is 2. The Morgan fingerprint density at radius 1 is 0.857 bits per heavy atom. The molecule has 0 atom stereocenters. The largest absolute Gasteiger partial charge is 0.508 e. The van der Waals surface area contributed by atoms with Gasteiger partial charge < -0.3 is 24.8 Å². The number of phenolic OH excluding ortho intramolecular Hbond substituents is 1. The molecule has 2 amide bonds. The van der Waals surface area contributed by atoms with E-state index in [0.29, 0.717) is 39.0 Å². The smallest absolute Gasteiger partial charge is 0.407 e. The lowest BCUT2D eigenvalue weighted by molar-refractivity contribution is -0.130. The summed E-state index contributed by atoms with van der Waals surface area (Å²) >= 11 is 0. The molecule has 0 heterocycles. The summed E-state index contributed by atoms with van der Waals surface area (Å²) in [6.45, 7) is 8.94. The lowest BCUT2D eigenvalue weighted by Crippen LogP contribution is -2.33. The number of rotatable bonds is 13. The van der Waals surface area contributed by atoms with Gasteiger partial charge in [0.15, 0.2) is 0 Å².